The van der Waals surface area contributed by atoms with Gasteiger partial charge < -0.3 is 9.62 Å². The Morgan fingerprint density at radius 1 is 1.06 bits per heavy atom. The second-order valence-electron chi connectivity index (χ2n) is 7.30. The molecule has 0 bridgehead atoms. The van der Waals surface area contributed by atoms with Crippen molar-refractivity contribution in [2.45, 2.75) is 11.4 Å². The number of carbonyl (C=O) groups excluding carboxylic acids is 1. The molecule has 0 unspecified atom stereocenters. The largest absolute Gasteiger partial charge is 0.337 e. The molecule has 3 heterocycles. The van der Waals surface area contributed by atoms with Gasteiger partial charge in [-0.25, -0.2) is 13.8 Å². The van der Waals surface area contributed by atoms with Crippen molar-refractivity contribution < 1.29 is 13.6 Å². The first-order valence-electron chi connectivity index (χ1n) is 9.66. The van der Waals surface area contributed by atoms with Gasteiger partial charge in [0, 0.05) is 48.7 Å². The van der Waals surface area contributed by atoms with Crippen LogP contribution in [0.15, 0.2) is 66.0 Å². The van der Waals surface area contributed by atoms with E-state index in [1.165, 1.54) is 23.5 Å². The minimum atomic E-state index is -0.624. The van der Waals surface area contributed by atoms with E-state index in [1.54, 1.807) is 30.5 Å². The lowest BCUT2D eigenvalue weighted by Gasteiger charge is -2.07. The summed E-state index contributed by atoms with van der Waals surface area (Å²) in [7, 11) is 1.79. The van der Waals surface area contributed by atoms with E-state index in [9.17, 15) is 13.6 Å². The molecule has 2 aromatic heterocycles. The number of nitrogens with one attached hydrogen (secondary N) is 1. The predicted octanol–water partition coefficient (Wildman–Crippen LogP) is 5.86. The number of hydrogen-bond donors (Lipinski definition) is 1. The lowest BCUT2D eigenvalue weighted by Crippen LogP contribution is -2.17. The molecule has 1 N–H and O–H groups in total. The van der Waals surface area contributed by atoms with Crippen LogP contribution in [0.3, 0.4) is 0 Å². The minimum absolute atomic E-state index is 0.0418. The van der Waals surface area contributed by atoms with E-state index in [1.807, 2.05) is 24.3 Å². The molecular weight excluding hydrogens is 450 g/mol. The molecule has 0 radical (unpaired) electrons. The Morgan fingerprint density at radius 2 is 1.94 bits per heavy atom. The predicted molar refractivity (Wildman–Crippen MR) is 122 cm³/mol. The Kier molecular flexibility index (Phi) is 5.36. The molecule has 5 nitrogen and oxygen atoms in total. The van der Waals surface area contributed by atoms with Gasteiger partial charge in [0.1, 0.15) is 16.6 Å². The van der Waals surface area contributed by atoms with Crippen LogP contribution < -0.4 is 4.72 Å². The summed E-state index contributed by atoms with van der Waals surface area (Å²) in [5, 5.41) is 0.853. The van der Waals surface area contributed by atoms with Gasteiger partial charge >= 0.3 is 0 Å². The van der Waals surface area contributed by atoms with Crippen LogP contribution in [0.1, 0.15) is 15.9 Å². The molecule has 160 valence electrons. The summed E-state index contributed by atoms with van der Waals surface area (Å²) in [6.07, 6.45) is 5.16. The van der Waals surface area contributed by atoms with Crippen molar-refractivity contribution in [3.63, 3.8) is 0 Å². The summed E-state index contributed by atoms with van der Waals surface area (Å²) in [5.41, 5.74) is 4.27. The zero-order valence-corrected chi connectivity index (χ0v) is 18.4. The molecule has 32 heavy (non-hydrogen) atoms. The highest BCUT2D eigenvalue weighted by atomic mass is 32.2. The fourth-order valence-corrected chi connectivity index (χ4v) is 4.97. The Balaban J connectivity index is 1.35. The van der Waals surface area contributed by atoms with E-state index in [2.05, 4.69) is 14.7 Å². The molecule has 1 aliphatic heterocycles. The van der Waals surface area contributed by atoms with Gasteiger partial charge in [-0.2, -0.15) is 0 Å². The average Bonchev–Trinajstić information content (AvgIpc) is 3.38. The van der Waals surface area contributed by atoms with Crippen molar-refractivity contribution in [3.8, 4) is 21.0 Å². The molecule has 0 atom stereocenters. The molecular formula is C23H16F2N4OS2. The maximum atomic E-state index is 13.8. The highest BCUT2D eigenvalue weighted by Gasteiger charge is 2.24. The van der Waals surface area contributed by atoms with E-state index in [-0.39, 0.29) is 10.8 Å². The number of pyridine rings is 1. The number of benzene rings is 2. The van der Waals surface area contributed by atoms with Crippen LogP contribution in [0.4, 0.5) is 14.5 Å². The number of carbonyl (C=O) groups is 1. The zero-order valence-electron chi connectivity index (χ0n) is 16.8. The molecule has 0 spiro atoms. The third-order valence-corrected chi connectivity index (χ3v) is 7.02. The number of rotatable bonds is 5. The zero-order chi connectivity index (χ0) is 22.2. The van der Waals surface area contributed by atoms with Gasteiger partial charge in [-0.1, -0.05) is 6.07 Å². The Morgan fingerprint density at radius 3 is 2.78 bits per heavy atom. The molecule has 4 aromatic rings. The summed E-state index contributed by atoms with van der Waals surface area (Å²) in [6, 6.07) is 11.1. The summed E-state index contributed by atoms with van der Waals surface area (Å²) in [4.78, 5) is 23.8. The van der Waals surface area contributed by atoms with Crippen LogP contribution in [0.25, 0.3) is 21.0 Å². The molecule has 9 heteroatoms. The number of thiazole rings is 1. The Bertz CT molecular complexity index is 1340. The summed E-state index contributed by atoms with van der Waals surface area (Å²) in [5.74, 6) is -1.19. The van der Waals surface area contributed by atoms with Crippen LogP contribution in [-0.4, -0.2) is 27.8 Å². The van der Waals surface area contributed by atoms with Gasteiger partial charge in [-0.3, -0.25) is 9.78 Å². The van der Waals surface area contributed by atoms with Crippen molar-refractivity contribution in [2.75, 3.05) is 11.8 Å². The van der Waals surface area contributed by atoms with E-state index in [0.717, 1.165) is 50.2 Å². The lowest BCUT2D eigenvalue weighted by atomic mass is 10.1. The molecule has 0 saturated heterocycles. The first-order chi connectivity index (χ1) is 15.5. The molecule has 2 aromatic carbocycles. The number of fused-ring (bicyclic) bond motifs is 1. The second-order valence-corrected chi connectivity index (χ2v) is 9.18. The SMILES string of the molecule is CN1Cc2cc(-c3ncc(-c4cncc(NSc5ccc(F)cc5F)c4)s3)ccc2C1=O. The minimum Gasteiger partial charge on any atom is -0.337 e. The fourth-order valence-electron chi connectivity index (χ4n) is 3.44. The van der Waals surface area contributed by atoms with Crippen molar-refractivity contribution in [1.82, 2.24) is 14.9 Å². The van der Waals surface area contributed by atoms with E-state index in [0.29, 0.717) is 12.2 Å². The Labute approximate surface area is 191 Å². The topological polar surface area (TPSA) is 58.1 Å². The maximum Gasteiger partial charge on any atom is 0.254 e. The maximum absolute atomic E-state index is 13.8. The molecule has 5 rings (SSSR count). The highest BCUT2D eigenvalue weighted by molar-refractivity contribution is 8.00. The molecule has 0 saturated carbocycles. The van der Waals surface area contributed by atoms with Gasteiger partial charge in [0.15, 0.2) is 0 Å². The van der Waals surface area contributed by atoms with Gasteiger partial charge in [0.2, 0.25) is 0 Å². The van der Waals surface area contributed by atoms with Crippen molar-refractivity contribution in [1.29, 1.82) is 0 Å². The van der Waals surface area contributed by atoms with Crippen molar-refractivity contribution in [2.24, 2.45) is 0 Å². The van der Waals surface area contributed by atoms with E-state index in [4.69, 9.17) is 0 Å². The smallest absolute Gasteiger partial charge is 0.254 e. The highest BCUT2D eigenvalue weighted by Crippen LogP contribution is 2.35. The van der Waals surface area contributed by atoms with Crippen LogP contribution in [0.5, 0.6) is 0 Å². The van der Waals surface area contributed by atoms with Crippen LogP contribution in [0, 0.1) is 11.6 Å². The summed E-state index contributed by atoms with van der Waals surface area (Å²) < 4.78 is 30.0. The second kappa shape index (κ2) is 8.33. The fraction of sp³-hybridized carbons (Fsp3) is 0.0870. The molecule has 1 aliphatic rings. The van der Waals surface area contributed by atoms with Crippen LogP contribution in [0.2, 0.25) is 0 Å². The van der Waals surface area contributed by atoms with Gasteiger partial charge in [0.05, 0.1) is 21.7 Å². The quantitative estimate of drug-likeness (QED) is 0.374. The number of halogens is 2. The first-order valence-corrected chi connectivity index (χ1v) is 11.3. The van der Waals surface area contributed by atoms with Gasteiger partial charge in [0.25, 0.3) is 5.91 Å². The first kappa shape index (κ1) is 20.6. The third kappa shape index (κ3) is 3.96. The van der Waals surface area contributed by atoms with E-state index < -0.39 is 11.6 Å². The number of aromatic nitrogens is 2. The van der Waals surface area contributed by atoms with E-state index >= 15 is 0 Å². The molecule has 1 amide bonds. The number of amides is 1. The number of nitrogens with zero attached hydrogens (tertiary/aromatic N) is 3. The number of anilines is 1. The van der Waals surface area contributed by atoms with Crippen LogP contribution >= 0.6 is 23.3 Å². The van der Waals surface area contributed by atoms with Gasteiger partial charge in [-0.05, 0) is 47.8 Å². The van der Waals surface area contributed by atoms with Gasteiger partial charge in [-0.15, -0.1) is 11.3 Å². The average molecular weight is 467 g/mol. The normalized spacial score (nSPS) is 12.8. The summed E-state index contributed by atoms with van der Waals surface area (Å²) in [6.45, 7) is 0.601. The monoisotopic (exact) mass is 466 g/mol. The molecule has 0 fully saturated rings. The summed E-state index contributed by atoms with van der Waals surface area (Å²) >= 11 is 2.58. The lowest BCUT2D eigenvalue weighted by molar-refractivity contribution is 0.0816. The third-order valence-electron chi connectivity index (χ3n) is 5.04. The van der Waals surface area contributed by atoms with Crippen molar-refractivity contribution in [3.05, 3.63) is 83.8 Å². The number of hydrogen-bond acceptors (Lipinski definition) is 6. The van der Waals surface area contributed by atoms with Crippen molar-refractivity contribution >= 4 is 34.9 Å². The molecule has 0 aliphatic carbocycles. The standard InChI is InChI=1S/C23H16F2N4OS2/c1-29-12-15-6-13(2-4-18(15)23(29)30)22-27-11-21(31-22)14-7-17(10-26-9-14)28-32-20-5-3-16(24)8-19(20)25/h2-11,28H,12H2,1H3. The van der Waals surface area contributed by atoms with Crippen LogP contribution in [-0.2, 0) is 6.54 Å². The Hall–Kier alpha value is -3.30.